The molecule has 1 amide bonds. The number of carboxylic acids is 1. The van der Waals surface area contributed by atoms with Gasteiger partial charge >= 0.3 is 5.97 Å². The van der Waals surface area contributed by atoms with Crippen LogP contribution in [0.3, 0.4) is 0 Å². The van der Waals surface area contributed by atoms with Gasteiger partial charge in [0.05, 0.1) is 24.7 Å². The number of aliphatic carboxylic acids is 1. The third-order valence-corrected chi connectivity index (χ3v) is 4.14. The standard InChI is InChI=1S/C17H22ClNO5/c1-10(2)9-24-15-13(18)6-12(7-14(15)23-3)16(20)19-5-4-11(8-19)17(21)22/h6-7,10-11H,4-5,8-9H2,1-3H3,(H,21,22)/t11-/m0/s1. The minimum absolute atomic E-state index is 0.208. The Morgan fingerprint density at radius 1 is 1.42 bits per heavy atom. The first kappa shape index (κ1) is 18.4. The molecule has 0 spiro atoms. The topological polar surface area (TPSA) is 76.1 Å². The van der Waals surface area contributed by atoms with E-state index in [-0.39, 0.29) is 12.5 Å². The second kappa shape index (κ2) is 7.75. The second-order valence-corrected chi connectivity index (χ2v) is 6.68. The zero-order chi connectivity index (χ0) is 17.9. The van der Waals surface area contributed by atoms with Gasteiger partial charge < -0.3 is 19.5 Å². The summed E-state index contributed by atoms with van der Waals surface area (Å²) in [7, 11) is 1.48. The van der Waals surface area contributed by atoms with Gasteiger partial charge in [0.1, 0.15) is 0 Å². The number of rotatable bonds is 6. The highest BCUT2D eigenvalue weighted by atomic mass is 35.5. The third-order valence-electron chi connectivity index (χ3n) is 3.86. The molecule has 2 rings (SSSR count). The summed E-state index contributed by atoms with van der Waals surface area (Å²) in [6.07, 6.45) is 0.460. The molecule has 1 fully saturated rings. The number of carbonyl (C=O) groups excluding carboxylic acids is 1. The van der Waals surface area contributed by atoms with Crippen LogP contribution in [0.5, 0.6) is 11.5 Å². The van der Waals surface area contributed by atoms with E-state index in [1.807, 2.05) is 13.8 Å². The van der Waals surface area contributed by atoms with Gasteiger partial charge in [-0.15, -0.1) is 0 Å². The summed E-state index contributed by atoms with van der Waals surface area (Å²) >= 11 is 6.26. The maximum atomic E-state index is 12.6. The first-order chi connectivity index (χ1) is 11.3. The molecule has 1 aromatic rings. The predicted octanol–water partition coefficient (Wildman–Crippen LogP) is 2.93. The zero-order valence-corrected chi connectivity index (χ0v) is 14.8. The highest BCUT2D eigenvalue weighted by Gasteiger charge is 2.32. The lowest BCUT2D eigenvalue weighted by Gasteiger charge is -2.19. The van der Waals surface area contributed by atoms with E-state index < -0.39 is 11.9 Å². The smallest absolute Gasteiger partial charge is 0.308 e. The Bertz CT molecular complexity index is 632. The fourth-order valence-corrected chi connectivity index (χ4v) is 2.83. The van der Waals surface area contributed by atoms with E-state index in [1.165, 1.54) is 18.1 Å². The Balaban J connectivity index is 2.20. The van der Waals surface area contributed by atoms with Gasteiger partial charge in [0.2, 0.25) is 0 Å². The fourth-order valence-electron chi connectivity index (χ4n) is 2.56. The summed E-state index contributed by atoms with van der Waals surface area (Å²) in [5, 5.41) is 9.35. The van der Waals surface area contributed by atoms with Gasteiger partial charge in [-0.3, -0.25) is 9.59 Å². The SMILES string of the molecule is COc1cc(C(=O)N2CC[C@H](C(=O)O)C2)cc(Cl)c1OCC(C)C. The van der Waals surface area contributed by atoms with Crippen LogP contribution in [0.4, 0.5) is 0 Å². The minimum atomic E-state index is -0.877. The molecular weight excluding hydrogens is 334 g/mol. The van der Waals surface area contributed by atoms with Crippen LogP contribution in [-0.2, 0) is 4.79 Å². The average Bonchev–Trinajstić information content (AvgIpc) is 3.02. The number of amides is 1. The van der Waals surface area contributed by atoms with E-state index in [2.05, 4.69) is 0 Å². The summed E-state index contributed by atoms with van der Waals surface area (Å²) < 4.78 is 11.0. The lowest BCUT2D eigenvalue weighted by Crippen LogP contribution is -2.30. The molecule has 1 saturated heterocycles. The van der Waals surface area contributed by atoms with Gasteiger partial charge in [-0.25, -0.2) is 0 Å². The maximum Gasteiger partial charge on any atom is 0.308 e. The van der Waals surface area contributed by atoms with Crippen LogP contribution in [-0.4, -0.2) is 48.7 Å². The Kier molecular flexibility index (Phi) is 5.94. The molecule has 0 aliphatic carbocycles. The molecule has 1 heterocycles. The van der Waals surface area contributed by atoms with E-state index in [0.717, 1.165) is 0 Å². The van der Waals surface area contributed by atoms with Crippen LogP contribution in [0.25, 0.3) is 0 Å². The van der Waals surface area contributed by atoms with Crippen LogP contribution in [0.15, 0.2) is 12.1 Å². The molecule has 0 radical (unpaired) electrons. The molecule has 0 unspecified atom stereocenters. The van der Waals surface area contributed by atoms with Crippen molar-refractivity contribution in [3.8, 4) is 11.5 Å². The number of carboxylic acid groups (broad SMARTS) is 1. The number of carbonyl (C=O) groups is 2. The Morgan fingerprint density at radius 2 is 2.12 bits per heavy atom. The monoisotopic (exact) mass is 355 g/mol. The molecule has 132 valence electrons. The van der Waals surface area contributed by atoms with E-state index in [4.69, 9.17) is 26.2 Å². The molecular formula is C17H22ClNO5. The third kappa shape index (κ3) is 4.12. The van der Waals surface area contributed by atoms with E-state index in [0.29, 0.717) is 47.6 Å². The quantitative estimate of drug-likeness (QED) is 0.849. The number of likely N-dealkylation sites (tertiary alicyclic amines) is 1. The van der Waals surface area contributed by atoms with Crippen molar-refractivity contribution >= 4 is 23.5 Å². The summed E-state index contributed by atoms with van der Waals surface area (Å²) in [5.41, 5.74) is 0.361. The number of methoxy groups -OCH3 is 1. The molecule has 0 aromatic heterocycles. The van der Waals surface area contributed by atoms with Gasteiger partial charge in [-0.2, -0.15) is 0 Å². The van der Waals surface area contributed by atoms with Crippen LogP contribution >= 0.6 is 11.6 Å². The number of benzene rings is 1. The van der Waals surface area contributed by atoms with Crippen molar-refractivity contribution in [2.45, 2.75) is 20.3 Å². The van der Waals surface area contributed by atoms with Crippen molar-refractivity contribution in [2.24, 2.45) is 11.8 Å². The predicted molar refractivity (Wildman–Crippen MR) is 90.0 cm³/mol. The summed E-state index contributed by atoms with van der Waals surface area (Å²) in [6, 6.07) is 3.12. The molecule has 1 aliphatic rings. The van der Waals surface area contributed by atoms with Crippen molar-refractivity contribution in [3.05, 3.63) is 22.7 Å². The van der Waals surface area contributed by atoms with Crippen molar-refractivity contribution in [1.29, 1.82) is 0 Å². The van der Waals surface area contributed by atoms with Crippen LogP contribution in [0.2, 0.25) is 5.02 Å². The Hall–Kier alpha value is -1.95. The zero-order valence-electron chi connectivity index (χ0n) is 14.0. The normalized spacial score (nSPS) is 17.2. The molecule has 6 nitrogen and oxygen atoms in total. The lowest BCUT2D eigenvalue weighted by atomic mass is 10.1. The lowest BCUT2D eigenvalue weighted by molar-refractivity contribution is -0.141. The molecule has 1 aliphatic heterocycles. The van der Waals surface area contributed by atoms with Gasteiger partial charge in [-0.05, 0) is 24.5 Å². The average molecular weight is 356 g/mol. The molecule has 1 atom stereocenters. The Morgan fingerprint density at radius 3 is 2.67 bits per heavy atom. The number of hydrogen-bond acceptors (Lipinski definition) is 4. The van der Waals surface area contributed by atoms with Crippen LogP contribution < -0.4 is 9.47 Å². The largest absolute Gasteiger partial charge is 0.493 e. The second-order valence-electron chi connectivity index (χ2n) is 6.27. The Labute approximate surface area is 146 Å². The highest BCUT2D eigenvalue weighted by Crippen LogP contribution is 2.37. The highest BCUT2D eigenvalue weighted by molar-refractivity contribution is 6.32. The summed E-state index contributed by atoms with van der Waals surface area (Å²) in [6.45, 7) is 5.14. The van der Waals surface area contributed by atoms with Gasteiger partial charge in [0.25, 0.3) is 5.91 Å². The summed E-state index contributed by atoms with van der Waals surface area (Å²) in [5.74, 6) is -0.521. The van der Waals surface area contributed by atoms with Gasteiger partial charge in [0.15, 0.2) is 11.5 Å². The molecule has 24 heavy (non-hydrogen) atoms. The van der Waals surface area contributed by atoms with Crippen molar-refractivity contribution < 1.29 is 24.2 Å². The molecule has 1 aromatic carbocycles. The number of hydrogen-bond donors (Lipinski definition) is 1. The number of halogens is 1. The maximum absolute atomic E-state index is 12.6. The molecule has 7 heteroatoms. The van der Waals surface area contributed by atoms with Crippen LogP contribution in [0, 0.1) is 11.8 Å². The van der Waals surface area contributed by atoms with Gasteiger partial charge in [-0.1, -0.05) is 25.4 Å². The summed E-state index contributed by atoms with van der Waals surface area (Å²) in [4.78, 5) is 25.2. The van der Waals surface area contributed by atoms with Crippen molar-refractivity contribution in [1.82, 2.24) is 4.90 Å². The van der Waals surface area contributed by atoms with E-state index in [1.54, 1.807) is 6.07 Å². The molecule has 1 N–H and O–H groups in total. The number of nitrogens with zero attached hydrogens (tertiary/aromatic N) is 1. The fraction of sp³-hybridized carbons (Fsp3) is 0.529. The first-order valence-electron chi connectivity index (χ1n) is 7.85. The first-order valence-corrected chi connectivity index (χ1v) is 8.23. The molecule has 0 bridgehead atoms. The van der Waals surface area contributed by atoms with Gasteiger partial charge in [0, 0.05) is 18.7 Å². The van der Waals surface area contributed by atoms with E-state index in [9.17, 15) is 9.59 Å². The van der Waals surface area contributed by atoms with E-state index >= 15 is 0 Å². The number of ether oxygens (including phenoxy) is 2. The minimum Gasteiger partial charge on any atom is -0.493 e. The van der Waals surface area contributed by atoms with Crippen molar-refractivity contribution in [2.75, 3.05) is 26.8 Å². The van der Waals surface area contributed by atoms with Crippen molar-refractivity contribution in [3.63, 3.8) is 0 Å². The molecule has 0 saturated carbocycles. The van der Waals surface area contributed by atoms with Crippen LogP contribution in [0.1, 0.15) is 30.6 Å².